The molecule has 0 bridgehead atoms. The van der Waals surface area contributed by atoms with Crippen LogP contribution in [0.3, 0.4) is 0 Å². The van der Waals surface area contributed by atoms with E-state index >= 15 is 0 Å². The molecule has 4 radical (unpaired) electrons. The van der Waals surface area contributed by atoms with Crippen LogP contribution in [0.15, 0.2) is 0 Å². The molecule has 0 aromatic carbocycles. The van der Waals surface area contributed by atoms with Gasteiger partial charge in [0, 0.05) is 41.4 Å². The number of halogens is 2. The molecule has 5 heavy (non-hydrogen) atoms. The molecule has 0 aromatic heterocycles. The molecule has 0 spiro atoms. The van der Waals surface area contributed by atoms with Gasteiger partial charge in [-0.25, -0.2) is 0 Å². The van der Waals surface area contributed by atoms with Crippen LogP contribution in [-0.2, 0) is 5.15 Å². The Kier molecular flexibility index (Phi) is 68.1. The van der Waals surface area contributed by atoms with Crippen molar-refractivity contribution >= 4 is 36.2 Å². The maximum Gasteiger partial charge on any atom is 0.0209 e. The summed E-state index contributed by atoms with van der Waals surface area (Å²) in [5, 5.41) is 1.25. The molecular weight excluding hydrogens is 87.9 g/mol. The van der Waals surface area contributed by atoms with E-state index in [1.807, 2.05) is 0 Å². The van der Waals surface area contributed by atoms with Crippen molar-refractivity contribution in [2.24, 2.45) is 0 Å². The molecule has 0 saturated heterocycles. The topological polar surface area (TPSA) is 9.23 Å². The van der Waals surface area contributed by atoms with E-state index < -0.39 is 0 Å². The molecule has 0 rings (SSSR count). The molecule has 0 aliphatic heterocycles. The fourth-order valence-electron chi connectivity index (χ4n) is 0. The van der Waals surface area contributed by atoms with Gasteiger partial charge in [-0.15, -0.1) is 0 Å². The molecule has 0 aliphatic rings. The molecule has 0 heterocycles. The predicted octanol–water partition coefficient (Wildman–Crippen LogP) is 0.0104. The van der Waals surface area contributed by atoms with Gasteiger partial charge in [0.05, 0.1) is 0 Å². The first kappa shape index (κ1) is 16.8. The van der Waals surface area contributed by atoms with Crippen LogP contribution < -0.4 is 0 Å². The number of hydrogen-bond donors (Lipinski definition) is 0. The maximum atomic E-state index is 9.12. The summed E-state index contributed by atoms with van der Waals surface area (Å²) < 4.78 is 18.2. The molecule has 0 saturated carbocycles. The second kappa shape index (κ2) is 20.3. The summed E-state index contributed by atoms with van der Waals surface area (Å²) in [4.78, 5) is 0. The zero-order chi connectivity index (χ0) is 2.71. The molecule has 0 amide bonds. The molecule has 0 aliphatic carbocycles. The van der Waals surface area contributed by atoms with Crippen molar-refractivity contribution in [1.29, 1.82) is 0 Å². The van der Waals surface area contributed by atoms with Crippen LogP contribution in [0.25, 0.3) is 0 Å². The van der Waals surface area contributed by atoms with Gasteiger partial charge in [0.15, 0.2) is 0 Å². The van der Waals surface area contributed by atoms with Crippen molar-refractivity contribution in [3.05, 3.63) is 0 Å². The van der Waals surface area contributed by atoms with Gasteiger partial charge in [-0.05, 0) is 9.05 Å². The van der Waals surface area contributed by atoms with E-state index in [0.717, 1.165) is 0 Å². The summed E-state index contributed by atoms with van der Waals surface area (Å²) in [6.45, 7) is 0. The van der Waals surface area contributed by atoms with Crippen molar-refractivity contribution in [2.75, 3.05) is 0 Å². The monoisotopic (exact) mass is 88.0 g/mol. The average molecular weight is 87.9 g/mol. The van der Waals surface area contributed by atoms with E-state index in [2.05, 4.69) is 0 Å². The zero-order valence-electron chi connectivity index (χ0n) is 2.74. The molecule has 0 fully saturated rings. The fourth-order valence-corrected chi connectivity index (χ4v) is 0. The number of rotatable bonds is 0. The minimum absolute atomic E-state index is 0. The standard InChI is InChI=1S/Al.F2O.Li/c;1-3-2;. The summed E-state index contributed by atoms with van der Waals surface area (Å²) in [6.07, 6.45) is 0. The minimum Gasteiger partial charge on any atom is -0.0104 e. The van der Waals surface area contributed by atoms with Crippen molar-refractivity contribution < 1.29 is 14.2 Å². The van der Waals surface area contributed by atoms with E-state index in [1.54, 1.807) is 0 Å². The maximum absolute atomic E-state index is 9.12. The Hall–Kier alpha value is 0.950. The van der Waals surface area contributed by atoms with Crippen LogP contribution in [0.4, 0.5) is 9.05 Å². The van der Waals surface area contributed by atoms with Gasteiger partial charge in [0.1, 0.15) is 0 Å². The Bertz CT molecular complexity index is 9.61. The molecular formula is AlF2LiO. The second-order valence-corrected chi connectivity index (χ2v) is 0.0583. The molecule has 0 atom stereocenters. The van der Waals surface area contributed by atoms with Crippen LogP contribution in [0.2, 0.25) is 0 Å². The Labute approximate surface area is 50.8 Å². The largest absolute Gasteiger partial charge is 0.0209 e. The normalized spacial score (nSPS) is 3.60. The summed E-state index contributed by atoms with van der Waals surface area (Å²) in [5.74, 6) is 0. The first-order valence-electron chi connectivity index (χ1n) is 0.309. The van der Waals surface area contributed by atoms with Gasteiger partial charge in [0.25, 0.3) is 0 Å². The van der Waals surface area contributed by atoms with E-state index in [1.165, 1.54) is 5.15 Å². The third kappa shape index (κ3) is 47.7. The summed E-state index contributed by atoms with van der Waals surface area (Å²) >= 11 is 0. The van der Waals surface area contributed by atoms with Crippen molar-refractivity contribution in [1.82, 2.24) is 0 Å². The minimum atomic E-state index is 0. The van der Waals surface area contributed by atoms with Crippen LogP contribution in [0.5, 0.6) is 0 Å². The van der Waals surface area contributed by atoms with E-state index in [0.29, 0.717) is 0 Å². The molecule has 0 unspecified atom stereocenters. The van der Waals surface area contributed by atoms with Crippen LogP contribution in [0.1, 0.15) is 0 Å². The van der Waals surface area contributed by atoms with Gasteiger partial charge in [-0.3, -0.25) is 0 Å². The first-order chi connectivity index (χ1) is 1.41. The Morgan fingerprint density at radius 3 is 1.20 bits per heavy atom. The third-order valence-electron chi connectivity index (χ3n) is 0. The predicted molar refractivity (Wildman–Crippen MR) is 14.8 cm³/mol. The number of hydrogen-bond acceptors (Lipinski definition) is 1. The average Bonchev–Trinajstić information content (AvgIpc) is 0.918. The Balaban J connectivity index is -0.0000000200. The van der Waals surface area contributed by atoms with Crippen molar-refractivity contribution in [3.8, 4) is 0 Å². The van der Waals surface area contributed by atoms with Gasteiger partial charge >= 0.3 is 0 Å². The van der Waals surface area contributed by atoms with E-state index in [4.69, 9.17) is 9.05 Å². The second-order valence-electron chi connectivity index (χ2n) is 0.0583. The van der Waals surface area contributed by atoms with Gasteiger partial charge in [0.2, 0.25) is 0 Å². The SMILES string of the molecule is FOF.[Al].[Li]. The van der Waals surface area contributed by atoms with Gasteiger partial charge in [-0.1, -0.05) is 0 Å². The fraction of sp³-hybridized carbons (Fsp3) is 0. The Morgan fingerprint density at radius 2 is 1.20 bits per heavy atom. The third-order valence-corrected chi connectivity index (χ3v) is 0. The molecule has 5 heteroatoms. The quantitative estimate of drug-likeness (QED) is 0.379. The first-order valence-corrected chi connectivity index (χ1v) is 0.309. The Morgan fingerprint density at radius 1 is 1.20 bits per heavy atom. The van der Waals surface area contributed by atoms with Gasteiger partial charge < -0.3 is 0 Å². The smallest absolute Gasteiger partial charge is 0.0104 e. The van der Waals surface area contributed by atoms with E-state index in [9.17, 15) is 0 Å². The zero-order valence-corrected chi connectivity index (χ0v) is 3.90. The molecule has 0 aromatic rings. The molecule has 24 valence electrons. The van der Waals surface area contributed by atoms with Crippen LogP contribution >= 0.6 is 0 Å². The summed E-state index contributed by atoms with van der Waals surface area (Å²) in [7, 11) is 0. The van der Waals surface area contributed by atoms with E-state index in [-0.39, 0.29) is 36.2 Å². The van der Waals surface area contributed by atoms with Gasteiger partial charge in [-0.2, -0.15) is 0 Å². The van der Waals surface area contributed by atoms with Crippen molar-refractivity contribution in [2.45, 2.75) is 0 Å². The van der Waals surface area contributed by atoms with Crippen LogP contribution in [0, 0.1) is 0 Å². The molecule has 0 N–H and O–H groups in total. The van der Waals surface area contributed by atoms with Crippen molar-refractivity contribution in [3.63, 3.8) is 0 Å². The van der Waals surface area contributed by atoms with Crippen LogP contribution in [-0.4, -0.2) is 36.2 Å². The summed E-state index contributed by atoms with van der Waals surface area (Å²) in [5.41, 5.74) is 0. The molecule has 1 nitrogen and oxygen atoms in total. The summed E-state index contributed by atoms with van der Waals surface area (Å²) in [6, 6.07) is 0.